The Labute approximate surface area is 194 Å². The van der Waals surface area contributed by atoms with Gasteiger partial charge in [-0.25, -0.2) is 0 Å². The molecule has 0 spiro atoms. The van der Waals surface area contributed by atoms with E-state index >= 15 is 0 Å². The van der Waals surface area contributed by atoms with Crippen molar-refractivity contribution in [1.82, 2.24) is 9.88 Å². The Bertz CT molecular complexity index is 1220. The number of nitrogens with zero attached hydrogens (tertiary/aromatic N) is 2. The van der Waals surface area contributed by atoms with Crippen LogP contribution in [0.15, 0.2) is 47.3 Å². The Hall–Kier alpha value is -3.16. The van der Waals surface area contributed by atoms with Crippen LogP contribution in [-0.4, -0.2) is 56.1 Å². The Morgan fingerprint density at radius 2 is 2.03 bits per heavy atom. The number of anilines is 2. The zero-order valence-electron chi connectivity index (χ0n) is 19.8. The highest BCUT2D eigenvalue weighted by Crippen LogP contribution is 2.31. The van der Waals surface area contributed by atoms with Crippen LogP contribution < -0.4 is 15.8 Å². The van der Waals surface area contributed by atoms with Gasteiger partial charge in [-0.1, -0.05) is 6.07 Å². The van der Waals surface area contributed by atoms with Gasteiger partial charge in [-0.3, -0.25) is 9.59 Å². The van der Waals surface area contributed by atoms with Gasteiger partial charge in [0, 0.05) is 54.6 Å². The van der Waals surface area contributed by atoms with Gasteiger partial charge in [0.15, 0.2) is 0 Å². The number of aromatic nitrogens is 1. The van der Waals surface area contributed by atoms with Gasteiger partial charge in [-0.2, -0.15) is 0 Å². The minimum atomic E-state index is -0.153. The molecule has 2 N–H and O–H groups in total. The average Bonchev–Trinajstić information content (AvgIpc) is 3.21. The molecule has 1 aliphatic rings. The van der Waals surface area contributed by atoms with Gasteiger partial charge in [0.25, 0.3) is 5.91 Å². The summed E-state index contributed by atoms with van der Waals surface area (Å²) >= 11 is 0. The molecule has 174 valence electrons. The predicted octanol–water partition coefficient (Wildman–Crippen LogP) is 3.77. The van der Waals surface area contributed by atoms with Crippen LogP contribution in [0.2, 0.25) is 0 Å². The molecule has 0 radical (unpaired) electrons. The molecule has 1 aliphatic heterocycles. The number of hydrogen-bond acceptors (Lipinski definition) is 5. The van der Waals surface area contributed by atoms with Crippen LogP contribution in [-0.2, 0) is 11.3 Å². The molecule has 1 saturated heterocycles. The van der Waals surface area contributed by atoms with Crippen molar-refractivity contribution in [3.05, 3.63) is 69.5 Å². The van der Waals surface area contributed by atoms with Gasteiger partial charge >= 0.3 is 0 Å². The number of carbonyl (C=O) groups excluding carboxylic acids is 1. The van der Waals surface area contributed by atoms with Crippen LogP contribution in [0.25, 0.3) is 10.9 Å². The van der Waals surface area contributed by atoms with Crippen molar-refractivity contribution in [2.45, 2.75) is 32.4 Å². The summed E-state index contributed by atoms with van der Waals surface area (Å²) in [4.78, 5) is 32.7. The molecule has 1 aromatic heterocycles. The lowest BCUT2D eigenvalue weighted by Gasteiger charge is -2.30. The van der Waals surface area contributed by atoms with E-state index in [0.717, 1.165) is 53.6 Å². The number of aromatic amines is 1. The van der Waals surface area contributed by atoms with Crippen LogP contribution in [0.5, 0.6) is 0 Å². The maximum Gasteiger partial charge on any atom is 0.257 e. The first-order valence-corrected chi connectivity index (χ1v) is 11.3. The Kier molecular flexibility index (Phi) is 6.81. The fourth-order valence-corrected chi connectivity index (χ4v) is 4.74. The number of fused-ring (bicyclic) bond motifs is 1. The van der Waals surface area contributed by atoms with E-state index in [1.54, 1.807) is 13.2 Å². The number of nitrogens with one attached hydrogen (secondary N) is 2. The van der Waals surface area contributed by atoms with Gasteiger partial charge in [0.05, 0.1) is 12.2 Å². The summed E-state index contributed by atoms with van der Waals surface area (Å²) < 4.78 is 5.31. The number of H-pyrrole nitrogens is 1. The molecule has 2 heterocycles. The second-order valence-corrected chi connectivity index (χ2v) is 9.07. The molecule has 1 atom stereocenters. The molecule has 7 nitrogen and oxygen atoms in total. The van der Waals surface area contributed by atoms with Gasteiger partial charge in [0.2, 0.25) is 5.56 Å². The zero-order valence-corrected chi connectivity index (χ0v) is 19.8. The summed E-state index contributed by atoms with van der Waals surface area (Å²) in [6, 6.07) is 13.5. The summed E-state index contributed by atoms with van der Waals surface area (Å²) in [5, 5.41) is 3.98. The first-order chi connectivity index (χ1) is 15.9. The van der Waals surface area contributed by atoms with Crippen LogP contribution in [0.4, 0.5) is 11.4 Å². The minimum absolute atomic E-state index is 0.130. The number of rotatable bonds is 7. The fraction of sp³-hybridized carbons (Fsp3) is 0.385. The molecule has 4 rings (SSSR count). The molecular weight excluding hydrogens is 416 g/mol. The maximum atomic E-state index is 13.5. The van der Waals surface area contributed by atoms with Crippen molar-refractivity contribution in [2.24, 2.45) is 0 Å². The standard InChI is InChI=1S/C26H32N4O3/c1-17-12-25(31)28-23-9-8-19(14-21(17)23)27-26(32)22-13-18(16-33-4)7-10-24(22)30-11-5-6-20(30)15-29(2)3/h7-10,12-14,20H,5-6,11,15-16H2,1-4H3,(H,27,32)(H,28,31). The fourth-order valence-electron chi connectivity index (χ4n) is 4.74. The number of likely N-dealkylation sites (N-methyl/N-ethyl adjacent to an activating group) is 1. The first-order valence-electron chi connectivity index (χ1n) is 11.3. The van der Waals surface area contributed by atoms with E-state index in [-0.39, 0.29) is 11.5 Å². The summed E-state index contributed by atoms with van der Waals surface area (Å²) in [7, 11) is 5.82. The molecule has 33 heavy (non-hydrogen) atoms. The van der Waals surface area contributed by atoms with E-state index in [2.05, 4.69) is 34.2 Å². The number of methoxy groups -OCH3 is 1. The lowest BCUT2D eigenvalue weighted by atomic mass is 10.1. The summed E-state index contributed by atoms with van der Waals surface area (Å²) in [5.74, 6) is -0.153. The van der Waals surface area contributed by atoms with Crippen LogP contribution in [0.1, 0.15) is 34.3 Å². The van der Waals surface area contributed by atoms with Gasteiger partial charge in [0.1, 0.15) is 0 Å². The smallest absolute Gasteiger partial charge is 0.257 e. The third-order valence-electron chi connectivity index (χ3n) is 6.19. The van der Waals surface area contributed by atoms with Crippen molar-refractivity contribution in [2.75, 3.05) is 44.5 Å². The lowest BCUT2D eigenvalue weighted by Crippen LogP contribution is -2.38. The first kappa shape index (κ1) is 23.0. The highest BCUT2D eigenvalue weighted by atomic mass is 16.5. The topological polar surface area (TPSA) is 77.7 Å². The van der Waals surface area contributed by atoms with Crippen LogP contribution in [0, 0.1) is 6.92 Å². The van der Waals surface area contributed by atoms with Crippen LogP contribution in [0.3, 0.4) is 0 Å². The molecule has 0 aliphatic carbocycles. The predicted molar refractivity (Wildman–Crippen MR) is 133 cm³/mol. The Morgan fingerprint density at radius 3 is 2.79 bits per heavy atom. The van der Waals surface area contributed by atoms with E-state index in [1.807, 2.05) is 43.3 Å². The summed E-state index contributed by atoms with van der Waals surface area (Å²) in [5.41, 5.74) is 4.75. The quantitative estimate of drug-likeness (QED) is 0.575. The molecule has 1 fully saturated rings. The number of ether oxygens (including phenoxy) is 1. The van der Waals surface area contributed by atoms with E-state index in [0.29, 0.717) is 23.9 Å². The molecular formula is C26H32N4O3. The number of amides is 1. The highest BCUT2D eigenvalue weighted by molar-refractivity contribution is 6.09. The zero-order chi connectivity index (χ0) is 23.5. The number of benzene rings is 2. The number of carbonyl (C=O) groups is 1. The molecule has 7 heteroatoms. The highest BCUT2D eigenvalue weighted by Gasteiger charge is 2.28. The monoisotopic (exact) mass is 448 g/mol. The second-order valence-electron chi connectivity index (χ2n) is 9.07. The van der Waals surface area contributed by atoms with Crippen LogP contribution >= 0.6 is 0 Å². The maximum absolute atomic E-state index is 13.5. The Morgan fingerprint density at radius 1 is 1.21 bits per heavy atom. The largest absolute Gasteiger partial charge is 0.380 e. The van der Waals surface area contributed by atoms with E-state index in [9.17, 15) is 9.59 Å². The van der Waals surface area contributed by atoms with Gasteiger partial charge < -0.3 is 24.8 Å². The normalized spacial score (nSPS) is 16.0. The van der Waals surface area contributed by atoms with E-state index in [1.165, 1.54) is 0 Å². The molecule has 1 amide bonds. The third kappa shape index (κ3) is 5.10. The Balaban J connectivity index is 1.68. The van der Waals surface area contributed by atoms with Crippen molar-refractivity contribution < 1.29 is 9.53 Å². The number of pyridine rings is 1. The average molecular weight is 449 g/mol. The molecule has 3 aromatic rings. The van der Waals surface area contributed by atoms with Crippen molar-refractivity contribution >= 4 is 28.2 Å². The van der Waals surface area contributed by atoms with Crippen molar-refractivity contribution in [3.63, 3.8) is 0 Å². The van der Waals surface area contributed by atoms with E-state index < -0.39 is 0 Å². The molecule has 0 saturated carbocycles. The lowest BCUT2D eigenvalue weighted by molar-refractivity contribution is 0.102. The second kappa shape index (κ2) is 9.77. The third-order valence-corrected chi connectivity index (χ3v) is 6.19. The van der Waals surface area contributed by atoms with Gasteiger partial charge in [-0.15, -0.1) is 0 Å². The molecule has 1 unspecified atom stereocenters. The minimum Gasteiger partial charge on any atom is -0.380 e. The summed E-state index contributed by atoms with van der Waals surface area (Å²) in [6.45, 7) is 4.23. The number of hydrogen-bond donors (Lipinski definition) is 2. The van der Waals surface area contributed by atoms with E-state index in [4.69, 9.17) is 4.74 Å². The van der Waals surface area contributed by atoms with Crippen molar-refractivity contribution in [3.8, 4) is 0 Å². The van der Waals surface area contributed by atoms with Gasteiger partial charge in [-0.05, 0) is 75.3 Å². The summed E-state index contributed by atoms with van der Waals surface area (Å²) in [6.07, 6.45) is 2.22. The number of aryl methyl sites for hydroxylation is 1. The van der Waals surface area contributed by atoms with Crippen molar-refractivity contribution in [1.29, 1.82) is 0 Å². The SMILES string of the molecule is COCc1ccc(N2CCCC2CN(C)C)c(C(=O)Nc2ccc3[nH]c(=O)cc(C)c3c2)c1. The molecule has 2 aromatic carbocycles. The molecule has 0 bridgehead atoms.